The number of halogens is 1. The van der Waals surface area contributed by atoms with Gasteiger partial charge < -0.3 is 15.4 Å². The van der Waals surface area contributed by atoms with Gasteiger partial charge in [0.2, 0.25) is 0 Å². The van der Waals surface area contributed by atoms with Crippen molar-refractivity contribution in [2.75, 3.05) is 20.7 Å². The molecule has 0 unspecified atom stereocenters. The Morgan fingerprint density at radius 1 is 1.32 bits per heavy atom. The smallest absolute Gasteiger partial charge is 0.191 e. The molecule has 1 aromatic heterocycles. The van der Waals surface area contributed by atoms with Gasteiger partial charge in [-0.2, -0.15) is 0 Å². The summed E-state index contributed by atoms with van der Waals surface area (Å²) in [7, 11) is 3.40. The monoisotopic (exact) mass is 337 g/mol. The highest BCUT2D eigenvalue weighted by atomic mass is 35.5. The SMILES string of the molecule is CN=C(NCCc1ccc(OC)cc1Cl)NCc1cccs1. The van der Waals surface area contributed by atoms with E-state index in [2.05, 4.69) is 27.1 Å². The molecule has 0 aliphatic rings. The molecular formula is C16H20ClN3OS. The quantitative estimate of drug-likeness (QED) is 0.628. The van der Waals surface area contributed by atoms with Gasteiger partial charge in [0.1, 0.15) is 5.75 Å². The van der Waals surface area contributed by atoms with Crippen molar-refractivity contribution < 1.29 is 4.74 Å². The van der Waals surface area contributed by atoms with Crippen molar-refractivity contribution in [2.45, 2.75) is 13.0 Å². The number of aliphatic imine (C=N–C) groups is 1. The van der Waals surface area contributed by atoms with Crippen molar-refractivity contribution >= 4 is 28.9 Å². The molecule has 0 amide bonds. The second-order valence-corrected chi connectivity index (χ2v) is 6.08. The average Bonchev–Trinajstić information content (AvgIpc) is 3.05. The molecule has 0 aliphatic carbocycles. The van der Waals surface area contributed by atoms with E-state index in [0.717, 1.165) is 41.8 Å². The number of benzene rings is 1. The van der Waals surface area contributed by atoms with Gasteiger partial charge in [0.05, 0.1) is 13.7 Å². The maximum atomic E-state index is 6.23. The highest BCUT2D eigenvalue weighted by Crippen LogP contribution is 2.22. The van der Waals surface area contributed by atoms with Crippen LogP contribution >= 0.6 is 22.9 Å². The van der Waals surface area contributed by atoms with E-state index in [4.69, 9.17) is 16.3 Å². The minimum atomic E-state index is 0.725. The second kappa shape index (κ2) is 8.66. The van der Waals surface area contributed by atoms with Gasteiger partial charge in [-0.25, -0.2) is 0 Å². The van der Waals surface area contributed by atoms with E-state index in [1.165, 1.54) is 4.88 Å². The lowest BCUT2D eigenvalue weighted by Crippen LogP contribution is -2.37. The Kier molecular flexibility index (Phi) is 6.55. The molecule has 6 heteroatoms. The van der Waals surface area contributed by atoms with Crippen LogP contribution in [0.15, 0.2) is 40.7 Å². The fourth-order valence-corrected chi connectivity index (χ4v) is 2.89. The van der Waals surface area contributed by atoms with Crippen LogP contribution in [-0.2, 0) is 13.0 Å². The van der Waals surface area contributed by atoms with Gasteiger partial charge in [-0.1, -0.05) is 23.7 Å². The standard InChI is InChI=1S/C16H20ClN3OS/c1-18-16(20-11-14-4-3-9-22-14)19-8-7-12-5-6-13(21-2)10-15(12)17/h3-6,9-10H,7-8,11H2,1-2H3,(H2,18,19,20). The predicted molar refractivity (Wildman–Crippen MR) is 94.2 cm³/mol. The molecule has 22 heavy (non-hydrogen) atoms. The van der Waals surface area contributed by atoms with Crippen molar-refractivity contribution in [3.05, 3.63) is 51.2 Å². The summed E-state index contributed by atoms with van der Waals surface area (Å²) >= 11 is 7.96. The molecule has 0 fully saturated rings. The third-order valence-electron chi connectivity index (χ3n) is 3.18. The number of thiophene rings is 1. The van der Waals surface area contributed by atoms with Crippen LogP contribution in [0.4, 0.5) is 0 Å². The largest absolute Gasteiger partial charge is 0.497 e. The number of methoxy groups -OCH3 is 1. The highest BCUT2D eigenvalue weighted by molar-refractivity contribution is 7.09. The fraction of sp³-hybridized carbons (Fsp3) is 0.312. The Bertz CT molecular complexity index is 614. The second-order valence-electron chi connectivity index (χ2n) is 4.64. The number of nitrogens with zero attached hydrogens (tertiary/aromatic N) is 1. The van der Waals surface area contributed by atoms with Gasteiger partial charge in [0, 0.05) is 23.5 Å². The van der Waals surface area contributed by atoms with Gasteiger partial charge in [-0.3, -0.25) is 4.99 Å². The van der Waals surface area contributed by atoms with E-state index in [1.54, 1.807) is 25.5 Å². The third kappa shape index (κ3) is 4.93. The van der Waals surface area contributed by atoms with Gasteiger partial charge >= 0.3 is 0 Å². The van der Waals surface area contributed by atoms with Gasteiger partial charge in [0.15, 0.2) is 5.96 Å². The molecule has 1 heterocycles. The number of ether oxygens (including phenoxy) is 1. The minimum Gasteiger partial charge on any atom is -0.497 e. The first kappa shape index (κ1) is 16.6. The molecule has 0 radical (unpaired) electrons. The fourth-order valence-electron chi connectivity index (χ4n) is 1.98. The summed E-state index contributed by atoms with van der Waals surface area (Å²) in [6.45, 7) is 1.54. The molecule has 0 spiro atoms. The Labute approximate surface area is 140 Å². The summed E-state index contributed by atoms with van der Waals surface area (Å²) in [5.41, 5.74) is 1.09. The first-order valence-electron chi connectivity index (χ1n) is 7.02. The van der Waals surface area contributed by atoms with E-state index in [1.807, 2.05) is 24.3 Å². The van der Waals surface area contributed by atoms with E-state index in [9.17, 15) is 0 Å². The number of hydrogen-bond acceptors (Lipinski definition) is 3. The Hall–Kier alpha value is -1.72. The van der Waals surface area contributed by atoms with Crippen molar-refractivity contribution in [1.29, 1.82) is 0 Å². The van der Waals surface area contributed by atoms with Crippen molar-refractivity contribution in [3.63, 3.8) is 0 Å². The summed E-state index contributed by atoms with van der Waals surface area (Å²) in [4.78, 5) is 5.49. The van der Waals surface area contributed by atoms with E-state index < -0.39 is 0 Å². The van der Waals surface area contributed by atoms with Crippen molar-refractivity contribution in [2.24, 2.45) is 4.99 Å². The lowest BCUT2D eigenvalue weighted by atomic mass is 10.1. The average molecular weight is 338 g/mol. The number of hydrogen-bond donors (Lipinski definition) is 2. The molecule has 2 aromatic rings. The van der Waals surface area contributed by atoms with Gasteiger partial charge in [-0.15, -0.1) is 11.3 Å². The first-order valence-corrected chi connectivity index (χ1v) is 8.28. The predicted octanol–water partition coefficient (Wildman–Crippen LogP) is 3.32. The lowest BCUT2D eigenvalue weighted by molar-refractivity contribution is 0.414. The van der Waals surface area contributed by atoms with Crippen LogP contribution in [0.1, 0.15) is 10.4 Å². The molecule has 0 saturated heterocycles. The lowest BCUT2D eigenvalue weighted by Gasteiger charge is -2.12. The van der Waals surface area contributed by atoms with Crippen LogP contribution in [0.25, 0.3) is 0 Å². The third-order valence-corrected chi connectivity index (χ3v) is 4.41. The van der Waals surface area contributed by atoms with Crippen LogP contribution in [-0.4, -0.2) is 26.7 Å². The van der Waals surface area contributed by atoms with Crippen molar-refractivity contribution in [1.82, 2.24) is 10.6 Å². The van der Waals surface area contributed by atoms with E-state index in [-0.39, 0.29) is 0 Å². The van der Waals surface area contributed by atoms with Gasteiger partial charge in [-0.05, 0) is 35.6 Å². The summed E-state index contributed by atoms with van der Waals surface area (Å²) in [6, 6.07) is 9.89. The first-order chi connectivity index (χ1) is 10.7. The zero-order chi connectivity index (χ0) is 15.8. The maximum Gasteiger partial charge on any atom is 0.191 e. The molecule has 0 aliphatic heterocycles. The normalized spacial score (nSPS) is 11.3. The molecule has 0 atom stereocenters. The van der Waals surface area contributed by atoms with Crippen LogP contribution in [0.2, 0.25) is 5.02 Å². The van der Waals surface area contributed by atoms with E-state index >= 15 is 0 Å². The molecular weight excluding hydrogens is 318 g/mol. The summed E-state index contributed by atoms with van der Waals surface area (Å²) in [5, 5.41) is 9.37. The maximum absolute atomic E-state index is 6.23. The Morgan fingerprint density at radius 3 is 2.82 bits per heavy atom. The Morgan fingerprint density at radius 2 is 2.18 bits per heavy atom. The van der Waals surface area contributed by atoms with Crippen LogP contribution in [0, 0.1) is 0 Å². The summed E-state index contributed by atoms with van der Waals surface area (Å²) in [5.74, 6) is 1.56. The van der Waals surface area contributed by atoms with E-state index in [0.29, 0.717) is 0 Å². The number of rotatable bonds is 6. The molecule has 4 nitrogen and oxygen atoms in total. The molecule has 2 rings (SSSR count). The zero-order valence-electron chi connectivity index (χ0n) is 12.7. The summed E-state index contributed by atoms with van der Waals surface area (Å²) < 4.78 is 5.15. The molecule has 0 bridgehead atoms. The van der Waals surface area contributed by atoms with Crippen LogP contribution < -0.4 is 15.4 Å². The van der Waals surface area contributed by atoms with Crippen LogP contribution in [0.3, 0.4) is 0 Å². The minimum absolute atomic E-state index is 0.725. The van der Waals surface area contributed by atoms with Crippen LogP contribution in [0.5, 0.6) is 5.75 Å². The van der Waals surface area contributed by atoms with Gasteiger partial charge in [0.25, 0.3) is 0 Å². The molecule has 0 saturated carbocycles. The Balaban J connectivity index is 1.79. The topological polar surface area (TPSA) is 45.7 Å². The molecule has 1 aromatic carbocycles. The highest BCUT2D eigenvalue weighted by Gasteiger charge is 2.03. The zero-order valence-corrected chi connectivity index (χ0v) is 14.3. The number of nitrogens with one attached hydrogen (secondary N) is 2. The van der Waals surface area contributed by atoms with Crippen molar-refractivity contribution in [3.8, 4) is 5.75 Å². The number of guanidine groups is 1. The molecule has 118 valence electrons. The summed E-state index contributed by atoms with van der Waals surface area (Å²) in [6.07, 6.45) is 0.822. The molecule has 2 N–H and O–H groups in total.